The van der Waals surface area contributed by atoms with Gasteiger partial charge in [-0.1, -0.05) is 202 Å². The van der Waals surface area contributed by atoms with E-state index in [1.165, 1.54) is 53.7 Å². The molecule has 0 amide bonds. The summed E-state index contributed by atoms with van der Waals surface area (Å²) in [7, 11) is 0. The maximum absolute atomic E-state index is 5.42. The van der Waals surface area contributed by atoms with Gasteiger partial charge in [0.05, 0.1) is 11.0 Å². The predicted molar refractivity (Wildman–Crippen MR) is 260 cm³/mol. The van der Waals surface area contributed by atoms with Crippen LogP contribution < -0.4 is 0 Å². The van der Waals surface area contributed by atoms with Gasteiger partial charge in [-0.25, -0.2) is 4.98 Å². The highest BCUT2D eigenvalue weighted by atomic mass is 32.1. The maximum Gasteiger partial charge on any atom is 0.238 e. The third-order valence-electron chi connectivity index (χ3n) is 11.5. The third-order valence-corrected chi connectivity index (χ3v) is 12.6. The zero-order valence-corrected chi connectivity index (χ0v) is 34.7. The van der Waals surface area contributed by atoms with Crippen LogP contribution in [0.5, 0.6) is 0 Å². The van der Waals surface area contributed by atoms with Crippen molar-refractivity contribution in [2.75, 3.05) is 0 Å². The molecule has 0 aliphatic carbocycles. The van der Waals surface area contributed by atoms with Gasteiger partial charge in [0.25, 0.3) is 0 Å². The summed E-state index contributed by atoms with van der Waals surface area (Å²) in [6.45, 7) is 4.25. The van der Waals surface area contributed by atoms with Crippen LogP contribution in [0.15, 0.2) is 194 Å². The molecule has 12 rings (SSSR count). The van der Waals surface area contributed by atoms with E-state index < -0.39 is 0 Å². The second-order valence-corrected chi connectivity index (χ2v) is 16.5. The molecule has 61 heavy (non-hydrogen) atoms. The zero-order valence-electron chi connectivity index (χ0n) is 33.9. The Morgan fingerprint density at radius 2 is 0.869 bits per heavy atom. The Labute approximate surface area is 358 Å². The van der Waals surface area contributed by atoms with Gasteiger partial charge in [-0.15, -0.1) is 11.3 Å². The molecule has 12 aromatic rings. The normalized spacial score (nSPS) is 11.5. The number of rotatable bonds is 5. The summed E-state index contributed by atoms with van der Waals surface area (Å²) in [5, 5.41) is 9.67. The molecule has 0 saturated carbocycles. The number of nitrogens with zero attached hydrogens (tertiary/aromatic N) is 4. The lowest BCUT2D eigenvalue weighted by Crippen LogP contribution is -2.07. The Morgan fingerprint density at radius 3 is 1.57 bits per heavy atom. The Kier molecular flexibility index (Phi) is 9.17. The van der Waals surface area contributed by atoms with Gasteiger partial charge in [-0.3, -0.25) is 4.57 Å². The van der Waals surface area contributed by atoms with Gasteiger partial charge in [0.15, 0.2) is 11.6 Å². The highest BCUT2D eigenvalue weighted by molar-refractivity contribution is 7.25. The first-order chi connectivity index (χ1) is 30.2. The first-order valence-electron chi connectivity index (χ1n) is 20.9. The zero-order chi connectivity index (χ0) is 40.9. The number of benzene rings is 9. The molecule has 0 atom stereocenters. The largest absolute Gasteiger partial charge is 0.277 e. The van der Waals surface area contributed by atoms with E-state index in [4.69, 9.17) is 15.0 Å². The number of hydrogen-bond donors (Lipinski definition) is 0. The molecule has 0 fully saturated rings. The first kappa shape index (κ1) is 36.6. The summed E-state index contributed by atoms with van der Waals surface area (Å²) < 4.78 is 4.88. The van der Waals surface area contributed by atoms with E-state index in [0.717, 1.165) is 49.6 Å². The summed E-state index contributed by atoms with van der Waals surface area (Å²) in [5.41, 5.74) is 8.58. The molecule has 5 heteroatoms. The average molecular weight is 801 g/mol. The number of para-hydroxylation sites is 1. The summed E-state index contributed by atoms with van der Waals surface area (Å²) in [6.07, 6.45) is 1.25. The number of hydrogen-bond acceptors (Lipinski definition) is 4. The molecule has 290 valence electrons. The monoisotopic (exact) mass is 800 g/mol. The van der Waals surface area contributed by atoms with Crippen molar-refractivity contribution in [3.05, 3.63) is 194 Å². The van der Waals surface area contributed by atoms with Crippen molar-refractivity contribution >= 4 is 74.9 Å². The Hall–Kier alpha value is -7.47. The SMILES string of the molecule is CCC.c1ccc(-c2ccc(-c3nc(-c4ccccc4)nc(-n4c5c(-c6ccc7c(c6)sc6ccccc67)cccc5c5c6ccccc6c6ccccc6c54)n3)cc2)cc1. The molecule has 0 bridgehead atoms. The number of thiophene rings is 1. The lowest BCUT2D eigenvalue weighted by molar-refractivity contribution is 0.955. The number of fused-ring (bicyclic) bond motifs is 11. The van der Waals surface area contributed by atoms with E-state index in [-0.39, 0.29) is 0 Å². The Balaban J connectivity index is 0.00000136. The van der Waals surface area contributed by atoms with Crippen LogP contribution in [0.4, 0.5) is 0 Å². The minimum atomic E-state index is 0.576. The Morgan fingerprint density at radius 1 is 0.377 bits per heavy atom. The van der Waals surface area contributed by atoms with Crippen molar-refractivity contribution in [3.63, 3.8) is 0 Å². The van der Waals surface area contributed by atoms with Gasteiger partial charge in [-0.2, -0.15) is 9.97 Å². The van der Waals surface area contributed by atoms with Crippen molar-refractivity contribution < 1.29 is 0 Å². The van der Waals surface area contributed by atoms with Crippen LogP contribution in [0, 0.1) is 0 Å². The Bertz CT molecular complexity index is 3570. The van der Waals surface area contributed by atoms with Crippen molar-refractivity contribution in [3.8, 4) is 51.0 Å². The molecule has 3 aromatic heterocycles. The summed E-state index contributed by atoms with van der Waals surface area (Å²) in [6, 6.07) is 69.1. The molecular weight excluding hydrogens is 761 g/mol. The van der Waals surface area contributed by atoms with Gasteiger partial charge in [0.2, 0.25) is 5.95 Å². The van der Waals surface area contributed by atoms with Gasteiger partial charge < -0.3 is 0 Å². The van der Waals surface area contributed by atoms with E-state index >= 15 is 0 Å². The summed E-state index contributed by atoms with van der Waals surface area (Å²) >= 11 is 1.84. The molecule has 0 spiro atoms. The summed E-state index contributed by atoms with van der Waals surface area (Å²) in [5.74, 6) is 1.82. The van der Waals surface area contributed by atoms with E-state index in [1.54, 1.807) is 0 Å². The molecular formula is C56H40N4S. The fraction of sp³-hybridized carbons (Fsp3) is 0.0536. The van der Waals surface area contributed by atoms with Crippen LogP contribution in [0.1, 0.15) is 20.3 Å². The lowest BCUT2D eigenvalue weighted by atomic mass is 9.96. The topological polar surface area (TPSA) is 43.6 Å². The second kappa shape index (κ2) is 15.3. The maximum atomic E-state index is 5.42. The lowest BCUT2D eigenvalue weighted by Gasteiger charge is -2.14. The fourth-order valence-corrected chi connectivity index (χ4v) is 9.95. The van der Waals surface area contributed by atoms with Crippen LogP contribution in [0.25, 0.3) is 115 Å². The van der Waals surface area contributed by atoms with Gasteiger partial charge >= 0.3 is 0 Å². The van der Waals surface area contributed by atoms with Gasteiger partial charge in [0, 0.05) is 53.0 Å². The van der Waals surface area contributed by atoms with Crippen LogP contribution in [-0.2, 0) is 0 Å². The molecule has 0 N–H and O–H groups in total. The van der Waals surface area contributed by atoms with Crippen LogP contribution >= 0.6 is 11.3 Å². The third kappa shape index (κ3) is 6.25. The molecule has 4 nitrogen and oxygen atoms in total. The fourth-order valence-electron chi connectivity index (χ4n) is 8.80. The van der Waals surface area contributed by atoms with Crippen molar-refractivity contribution in [1.82, 2.24) is 19.5 Å². The minimum Gasteiger partial charge on any atom is -0.277 e. The van der Waals surface area contributed by atoms with E-state index in [1.807, 2.05) is 35.6 Å². The quantitative estimate of drug-likeness (QED) is 0.163. The second-order valence-electron chi connectivity index (χ2n) is 15.5. The van der Waals surface area contributed by atoms with E-state index in [2.05, 4.69) is 188 Å². The molecule has 0 unspecified atom stereocenters. The van der Waals surface area contributed by atoms with Crippen molar-refractivity contribution in [2.45, 2.75) is 20.3 Å². The highest BCUT2D eigenvalue weighted by Gasteiger charge is 2.24. The predicted octanol–water partition coefficient (Wildman–Crippen LogP) is 15.7. The number of aromatic nitrogens is 4. The van der Waals surface area contributed by atoms with Crippen LogP contribution in [0.3, 0.4) is 0 Å². The molecule has 3 heterocycles. The molecule has 0 radical (unpaired) electrons. The molecule has 0 saturated heterocycles. The smallest absolute Gasteiger partial charge is 0.238 e. The summed E-state index contributed by atoms with van der Waals surface area (Å²) in [4.78, 5) is 16.0. The molecule has 0 aliphatic heterocycles. The minimum absolute atomic E-state index is 0.576. The van der Waals surface area contributed by atoms with Crippen LogP contribution in [-0.4, -0.2) is 19.5 Å². The first-order valence-corrected chi connectivity index (χ1v) is 21.8. The van der Waals surface area contributed by atoms with Crippen molar-refractivity contribution in [2.24, 2.45) is 0 Å². The van der Waals surface area contributed by atoms with Gasteiger partial charge in [0.1, 0.15) is 0 Å². The highest BCUT2D eigenvalue weighted by Crippen LogP contribution is 2.46. The molecule has 9 aromatic carbocycles. The van der Waals surface area contributed by atoms with Gasteiger partial charge in [-0.05, 0) is 45.0 Å². The van der Waals surface area contributed by atoms with Crippen molar-refractivity contribution in [1.29, 1.82) is 0 Å². The van der Waals surface area contributed by atoms with E-state index in [9.17, 15) is 0 Å². The molecule has 0 aliphatic rings. The standard InChI is InChI=1S/C53H32N4S.C3H8/c1-3-14-33(15-4-1)34-26-28-36(29-27-34)52-54-51(35-16-5-2-6-17-35)55-53(56-52)57-49-38(37-30-31-42-41-20-11-12-25-46(41)58-47(42)32-37)23-13-24-45(49)48-43-21-9-7-18-39(43)40-19-8-10-22-44(40)50(48)57;1-3-2/h1-32H;3H2,1-2H3. The average Bonchev–Trinajstić information content (AvgIpc) is 3.89. The van der Waals surface area contributed by atoms with E-state index in [0.29, 0.717) is 17.6 Å². The van der Waals surface area contributed by atoms with Crippen LogP contribution in [0.2, 0.25) is 0 Å².